The van der Waals surface area contributed by atoms with E-state index in [-0.39, 0.29) is 10.8 Å². The molecule has 1 unspecified atom stereocenters. The Morgan fingerprint density at radius 1 is 1.38 bits per heavy atom. The van der Waals surface area contributed by atoms with E-state index in [4.69, 9.17) is 4.74 Å². The fourth-order valence-corrected chi connectivity index (χ4v) is 1.60. The summed E-state index contributed by atoms with van der Waals surface area (Å²) < 4.78 is 5.14. The minimum Gasteiger partial charge on any atom is -0.463 e. The fourth-order valence-electron chi connectivity index (χ4n) is 1.16. The lowest BCUT2D eigenvalue weighted by molar-refractivity contribution is -0.143. The number of hydrogen-bond acceptors (Lipinski definition) is 3. The van der Waals surface area contributed by atoms with Crippen LogP contribution in [-0.2, 0) is 9.53 Å². The van der Waals surface area contributed by atoms with Crippen LogP contribution in [-0.4, -0.2) is 38.1 Å². The standard InChI is InChI=1S/C12H16BrNO2/c1-14(2)8-9-16-12(15)11(13)10-6-4-3-5-7-10/h3-7,11H,8-9H2,1-2H3. The van der Waals surface area contributed by atoms with Crippen LogP contribution in [0.15, 0.2) is 30.3 Å². The highest BCUT2D eigenvalue weighted by Gasteiger charge is 2.17. The smallest absolute Gasteiger partial charge is 0.324 e. The molecule has 1 atom stereocenters. The van der Waals surface area contributed by atoms with E-state index >= 15 is 0 Å². The minimum absolute atomic E-state index is 0.243. The van der Waals surface area contributed by atoms with Crippen LogP contribution in [0.4, 0.5) is 0 Å². The van der Waals surface area contributed by atoms with Gasteiger partial charge < -0.3 is 9.64 Å². The molecule has 0 heterocycles. The predicted octanol–water partition coefficient (Wildman–Crippen LogP) is 2.23. The van der Waals surface area contributed by atoms with Crippen LogP contribution in [0.2, 0.25) is 0 Å². The van der Waals surface area contributed by atoms with E-state index in [2.05, 4.69) is 15.9 Å². The maximum absolute atomic E-state index is 11.6. The summed E-state index contributed by atoms with van der Waals surface area (Å²) in [6.45, 7) is 1.15. The highest BCUT2D eigenvalue weighted by molar-refractivity contribution is 9.09. The van der Waals surface area contributed by atoms with Crippen molar-refractivity contribution in [1.82, 2.24) is 4.90 Å². The van der Waals surface area contributed by atoms with Gasteiger partial charge >= 0.3 is 5.97 Å². The lowest BCUT2D eigenvalue weighted by Crippen LogP contribution is -2.21. The molecule has 0 spiro atoms. The molecule has 0 N–H and O–H groups in total. The predicted molar refractivity (Wildman–Crippen MR) is 67.6 cm³/mol. The molecule has 0 aliphatic carbocycles. The molecular formula is C12H16BrNO2. The zero-order valence-corrected chi connectivity index (χ0v) is 11.1. The second kappa shape index (κ2) is 6.66. The molecular weight excluding hydrogens is 270 g/mol. The van der Waals surface area contributed by atoms with Gasteiger partial charge in [-0.3, -0.25) is 4.79 Å². The maximum atomic E-state index is 11.6. The van der Waals surface area contributed by atoms with Gasteiger partial charge in [0.1, 0.15) is 11.4 Å². The van der Waals surface area contributed by atoms with E-state index < -0.39 is 0 Å². The number of hydrogen-bond donors (Lipinski definition) is 0. The summed E-state index contributed by atoms with van der Waals surface area (Å²) in [7, 11) is 3.88. The quantitative estimate of drug-likeness (QED) is 0.614. The summed E-state index contributed by atoms with van der Waals surface area (Å²) in [5.41, 5.74) is 0.914. The van der Waals surface area contributed by atoms with Gasteiger partial charge in [-0.2, -0.15) is 0 Å². The van der Waals surface area contributed by atoms with Gasteiger partial charge in [0, 0.05) is 6.54 Å². The van der Waals surface area contributed by atoms with Crippen LogP contribution in [0.5, 0.6) is 0 Å². The number of carbonyl (C=O) groups is 1. The van der Waals surface area contributed by atoms with Crippen molar-refractivity contribution < 1.29 is 9.53 Å². The summed E-state index contributed by atoms with van der Waals surface area (Å²) in [6.07, 6.45) is 0. The Balaban J connectivity index is 2.43. The molecule has 0 amide bonds. The van der Waals surface area contributed by atoms with Crippen LogP contribution < -0.4 is 0 Å². The molecule has 0 aromatic heterocycles. The Hall–Kier alpha value is -0.870. The van der Waals surface area contributed by atoms with Crippen LogP contribution in [0.3, 0.4) is 0 Å². The monoisotopic (exact) mass is 285 g/mol. The first-order valence-electron chi connectivity index (χ1n) is 5.11. The summed E-state index contributed by atoms with van der Waals surface area (Å²) in [6, 6.07) is 9.51. The van der Waals surface area contributed by atoms with Gasteiger partial charge in [-0.25, -0.2) is 0 Å². The molecule has 1 rings (SSSR count). The van der Waals surface area contributed by atoms with Crippen molar-refractivity contribution in [3.05, 3.63) is 35.9 Å². The van der Waals surface area contributed by atoms with E-state index in [9.17, 15) is 4.79 Å². The number of nitrogens with zero attached hydrogens (tertiary/aromatic N) is 1. The third kappa shape index (κ3) is 4.33. The van der Waals surface area contributed by atoms with Gasteiger partial charge in [0.15, 0.2) is 0 Å². The highest BCUT2D eigenvalue weighted by atomic mass is 79.9. The topological polar surface area (TPSA) is 29.5 Å². The lowest BCUT2D eigenvalue weighted by Gasteiger charge is -2.12. The average molecular weight is 286 g/mol. The Labute approximate surface area is 105 Å². The number of esters is 1. The zero-order valence-electron chi connectivity index (χ0n) is 9.52. The van der Waals surface area contributed by atoms with Crippen molar-refractivity contribution >= 4 is 21.9 Å². The summed E-state index contributed by atoms with van der Waals surface area (Å²) >= 11 is 3.33. The number of likely N-dealkylation sites (N-methyl/N-ethyl adjacent to an activating group) is 1. The van der Waals surface area contributed by atoms with E-state index in [1.807, 2.05) is 49.3 Å². The van der Waals surface area contributed by atoms with Gasteiger partial charge in [-0.1, -0.05) is 46.3 Å². The molecule has 0 aliphatic heterocycles. The molecule has 0 fully saturated rings. The molecule has 0 saturated heterocycles. The first-order chi connectivity index (χ1) is 7.61. The SMILES string of the molecule is CN(C)CCOC(=O)C(Br)c1ccccc1. The lowest BCUT2D eigenvalue weighted by atomic mass is 10.1. The molecule has 4 heteroatoms. The van der Waals surface area contributed by atoms with Crippen LogP contribution in [0, 0.1) is 0 Å². The number of ether oxygens (including phenoxy) is 1. The highest BCUT2D eigenvalue weighted by Crippen LogP contribution is 2.23. The van der Waals surface area contributed by atoms with Gasteiger partial charge in [0.25, 0.3) is 0 Å². The second-order valence-corrected chi connectivity index (χ2v) is 4.66. The third-order valence-electron chi connectivity index (χ3n) is 2.08. The number of alkyl halides is 1. The van der Waals surface area contributed by atoms with Crippen molar-refractivity contribution in [1.29, 1.82) is 0 Å². The molecule has 16 heavy (non-hydrogen) atoms. The summed E-state index contributed by atoms with van der Waals surface area (Å²) in [4.78, 5) is 13.2. The van der Waals surface area contributed by atoms with Gasteiger partial charge in [-0.05, 0) is 19.7 Å². The molecule has 0 bridgehead atoms. The first-order valence-corrected chi connectivity index (χ1v) is 6.03. The van der Waals surface area contributed by atoms with Gasteiger partial charge in [0.2, 0.25) is 0 Å². The van der Waals surface area contributed by atoms with Crippen molar-refractivity contribution in [2.24, 2.45) is 0 Å². The molecule has 0 aliphatic rings. The van der Waals surface area contributed by atoms with Crippen LogP contribution in [0.1, 0.15) is 10.4 Å². The maximum Gasteiger partial charge on any atom is 0.324 e. The second-order valence-electron chi connectivity index (χ2n) is 3.74. The van der Waals surface area contributed by atoms with Crippen molar-refractivity contribution in [3.63, 3.8) is 0 Å². The van der Waals surface area contributed by atoms with Gasteiger partial charge in [0.05, 0.1) is 0 Å². The Bertz CT molecular complexity index is 327. The third-order valence-corrected chi connectivity index (χ3v) is 2.98. The average Bonchev–Trinajstić information content (AvgIpc) is 2.28. The molecule has 0 radical (unpaired) electrons. The molecule has 0 saturated carbocycles. The van der Waals surface area contributed by atoms with E-state index in [0.29, 0.717) is 6.61 Å². The van der Waals surface area contributed by atoms with E-state index in [1.54, 1.807) is 0 Å². The van der Waals surface area contributed by atoms with Crippen molar-refractivity contribution in [3.8, 4) is 0 Å². The Morgan fingerprint density at radius 3 is 2.56 bits per heavy atom. The molecule has 1 aromatic carbocycles. The Kier molecular flexibility index (Phi) is 5.49. The fraction of sp³-hybridized carbons (Fsp3) is 0.417. The number of benzene rings is 1. The molecule has 88 valence electrons. The van der Waals surface area contributed by atoms with Crippen LogP contribution >= 0.6 is 15.9 Å². The van der Waals surface area contributed by atoms with Crippen LogP contribution in [0.25, 0.3) is 0 Å². The summed E-state index contributed by atoms with van der Waals surface area (Å²) in [5.74, 6) is -0.243. The minimum atomic E-state index is -0.379. The number of rotatable bonds is 5. The van der Waals surface area contributed by atoms with Crippen molar-refractivity contribution in [2.45, 2.75) is 4.83 Å². The zero-order chi connectivity index (χ0) is 12.0. The van der Waals surface area contributed by atoms with Gasteiger partial charge in [-0.15, -0.1) is 0 Å². The largest absolute Gasteiger partial charge is 0.463 e. The molecule has 3 nitrogen and oxygen atoms in total. The number of carbonyl (C=O) groups excluding carboxylic acids is 1. The Morgan fingerprint density at radius 2 is 2.00 bits per heavy atom. The van der Waals surface area contributed by atoms with E-state index in [0.717, 1.165) is 12.1 Å². The first kappa shape index (κ1) is 13.2. The number of halogens is 1. The molecule has 1 aromatic rings. The van der Waals surface area contributed by atoms with E-state index in [1.165, 1.54) is 0 Å². The van der Waals surface area contributed by atoms with Crippen molar-refractivity contribution in [2.75, 3.05) is 27.2 Å². The normalized spacial score (nSPS) is 12.5. The summed E-state index contributed by atoms with van der Waals surface area (Å²) in [5, 5.41) is 0.